The lowest BCUT2D eigenvalue weighted by Gasteiger charge is -2.40. The fourth-order valence-electron chi connectivity index (χ4n) is 12.9. The quantitative estimate of drug-likeness (QED) is 0.0524. The van der Waals surface area contributed by atoms with Crippen molar-refractivity contribution >= 4 is 113 Å². The van der Waals surface area contributed by atoms with Gasteiger partial charge in [0.15, 0.2) is 0 Å². The van der Waals surface area contributed by atoms with Crippen LogP contribution in [0.25, 0.3) is 44.0 Å². The molecule has 8 N–H and O–H groups in total. The van der Waals surface area contributed by atoms with Gasteiger partial charge in [-0.05, 0) is 251 Å². The largest absolute Gasteiger partial charge is 0.512 e. The lowest BCUT2D eigenvalue weighted by atomic mass is 9.79. The third-order valence-electron chi connectivity index (χ3n) is 20.4. The highest BCUT2D eigenvalue weighted by atomic mass is 79.9. The van der Waals surface area contributed by atoms with E-state index in [1.54, 1.807) is 15.2 Å². The van der Waals surface area contributed by atoms with Crippen molar-refractivity contribution in [2.24, 2.45) is 5.73 Å². The number of aromatic amines is 2. The number of carbonyl (C=O) groups is 2. The molecule has 8 heterocycles. The maximum atomic E-state index is 15.1. The minimum absolute atomic E-state index is 0.0104. The van der Waals surface area contributed by atoms with E-state index in [9.17, 15) is 32.8 Å². The second-order valence-corrected chi connectivity index (χ2v) is 30.9. The van der Waals surface area contributed by atoms with Gasteiger partial charge in [-0.25, -0.2) is 28.1 Å². The Morgan fingerprint density at radius 1 is 0.568 bits per heavy atom. The second-order valence-electron chi connectivity index (χ2n) is 28.9. The van der Waals surface area contributed by atoms with Gasteiger partial charge in [0.2, 0.25) is 17.2 Å². The van der Waals surface area contributed by atoms with Gasteiger partial charge < -0.3 is 46.3 Å². The number of nitrogens with zero attached hydrogens (tertiary/aromatic N) is 6. The van der Waals surface area contributed by atoms with Crippen LogP contribution in [-0.4, -0.2) is 85.4 Å². The molecule has 9 aliphatic rings. The van der Waals surface area contributed by atoms with E-state index in [0.717, 1.165) is 87.6 Å². The Bertz CT molecular complexity index is 4620. The summed E-state index contributed by atoms with van der Waals surface area (Å²) in [5.74, 6) is -0.462. The van der Waals surface area contributed by atoms with Crippen LogP contribution in [0.2, 0.25) is 5.28 Å². The Labute approximate surface area is 568 Å². The summed E-state index contributed by atoms with van der Waals surface area (Å²) >= 11 is 12.3. The molecule has 27 heteroatoms. The molecular weight excluding hydrogens is 1370 g/mol. The number of amides is 2. The molecule has 20 nitrogen and oxygen atoms in total. The average Bonchev–Trinajstić information content (AvgIpc) is 1.74. The number of benzene rings is 3. The Kier molecular flexibility index (Phi) is 17.3. The predicted octanol–water partition coefficient (Wildman–Crippen LogP) is 13.3. The van der Waals surface area contributed by atoms with Crippen LogP contribution in [0.4, 0.5) is 25.1 Å². The smallest absolute Gasteiger partial charge is 0.398 e. The van der Waals surface area contributed by atoms with Crippen molar-refractivity contribution in [1.29, 1.82) is 0 Å². The lowest BCUT2D eigenvalue weighted by molar-refractivity contribution is 0.00578. The predicted molar refractivity (Wildman–Crippen MR) is 369 cm³/mol. The van der Waals surface area contributed by atoms with Crippen LogP contribution >= 0.6 is 43.5 Å². The molecule has 2 atom stereocenters. The standard InChI is InChI=1S/C23H24FN5O2.C16H17BrFN3O.C13H19BN2O3.C11H7BrClFN2O.C5H11N/c1-11-18-14(20(30)25-11)10-16(26-18)17-15(24)7-6-13-19(17)27-22(28-23(2)8-3-9-23)29(21(13)31)12-4-5-12;1-16(7-2-8-16)20-15-19-13-10(5-6-11(18)12(13)17)14(22)21(15)9-3-4-9;1-7-10-8(11(17)15-7)6-9(16-10)14-18-12(2,3)13(4,5)19-14;12-8-7(14)4-3-6-9(8)15-11(13)16(10(6)17)5-1-2-5;1-5(6)3-2-4-5/h6-7,10-12,26H,3-5,8-9H2,1-2H3,(H,25,30)(H,27,28);5-6,9H,2-4,7-8H2,1H3,(H,19,20);6-7,16H,1-5H3,(H,15,17);3-5H,1-2H2;2-4,6H2,1H3/t11-;;7-;;/m1.1../s1. The van der Waals surface area contributed by atoms with Gasteiger partial charge in [0.1, 0.15) is 17.5 Å². The second kappa shape index (κ2) is 24.6. The van der Waals surface area contributed by atoms with Gasteiger partial charge in [-0.2, -0.15) is 0 Å². The van der Waals surface area contributed by atoms with Gasteiger partial charge >= 0.3 is 7.12 Å². The van der Waals surface area contributed by atoms with E-state index in [2.05, 4.69) is 93.8 Å². The van der Waals surface area contributed by atoms with Crippen LogP contribution in [0.3, 0.4) is 0 Å². The number of hydrogen-bond donors (Lipinski definition) is 7. The Morgan fingerprint density at radius 2 is 0.958 bits per heavy atom. The Balaban J connectivity index is 0.000000114. The minimum atomic E-state index is -0.475. The molecule has 17 rings (SSSR count). The van der Waals surface area contributed by atoms with E-state index in [0.29, 0.717) is 55.9 Å². The normalized spacial score (nSPS) is 21.8. The van der Waals surface area contributed by atoms with Crippen molar-refractivity contribution in [1.82, 2.24) is 49.3 Å². The first-order chi connectivity index (χ1) is 44.8. The summed E-state index contributed by atoms with van der Waals surface area (Å²) in [6, 6.07) is 12.2. The molecule has 0 unspecified atom stereocenters. The minimum Gasteiger partial charge on any atom is -0.398 e. The molecule has 0 bridgehead atoms. The van der Waals surface area contributed by atoms with Gasteiger partial charge in [0.25, 0.3) is 28.5 Å². The van der Waals surface area contributed by atoms with Gasteiger partial charge in [-0.15, -0.1) is 0 Å². The van der Waals surface area contributed by atoms with Crippen molar-refractivity contribution in [3.63, 3.8) is 0 Å². The highest BCUT2D eigenvalue weighted by Crippen LogP contribution is 2.44. The first kappa shape index (κ1) is 66.8. The fourth-order valence-corrected chi connectivity index (χ4v) is 14.1. The number of fused-ring (bicyclic) bond motifs is 5. The average molecular weight is 1450 g/mol. The molecule has 3 aliphatic heterocycles. The van der Waals surface area contributed by atoms with Crippen LogP contribution in [0.15, 0.2) is 71.9 Å². The first-order valence-corrected chi connectivity index (χ1v) is 34.8. The molecule has 0 radical (unpaired) electrons. The van der Waals surface area contributed by atoms with Gasteiger partial charge in [-0.1, -0.05) is 0 Å². The Morgan fingerprint density at radius 3 is 1.37 bits per heavy atom. The van der Waals surface area contributed by atoms with Crippen LogP contribution in [0.1, 0.15) is 221 Å². The number of anilines is 2. The van der Waals surface area contributed by atoms with Crippen LogP contribution < -0.4 is 49.3 Å². The molecule has 8 aromatic rings. The number of halogens is 6. The summed E-state index contributed by atoms with van der Waals surface area (Å²) in [5.41, 5.74) is 9.88. The molecule has 3 aromatic carbocycles. The molecular formula is C68H78BBr2ClF3N13O7. The van der Waals surface area contributed by atoms with E-state index >= 15 is 4.39 Å². The van der Waals surface area contributed by atoms with E-state index in [-0.39, 0.29) is 112 Å². The van der Waals surface area contributed by atoms with E-state index in [1.165, 1.54) is 66.6 Å². The number of H-pyrrole nitrogens is 2. The van der Waals surface area contributed by atoms with Gasteiger partial charge in [-0.3, -0.25) is 37.7 Å². The van der Waals surface area contributed by atoms with Crippen molar-refractivity contribution in [2.45, 2.75) is 217 Å². The van der Waals surface area contributed by atoms with Crippen LogP contribution in [0, 0.1) is 17.5 Å². The summed E-state index contributed by atoms with van der Waals surface area (Å²) in [4.78, 5) is 82.4. The highest BCUT2D eigenvalue weighted by Gasteiger charge is 2.53. The van der Waals surface area contributed by atoms with Crippen LogP contribution in [-0.2, 0) is 9.31 Å². The summed E-state index contributed by atoms with van der Waals surface area (Å²) in [6.45, 7) is 18.3. The number of aromatic nitrogens is 8. The molecule has 6 aliphatic carbocycles. The zero-order chi connectivity index (χ0) is 67.7. The molecule has 5 aromatic heterocycles. The first-order valence-electron chi connectivity index (χ1n) is 32.8. The fraction of sp³-hybridized carbons (Fsp3) is 0.500. The molecule has 1 saturated heterocycles. The van der Waals surface area contributed by atoms with Gasteiger partial charge in [0, 0.05) is 46.0 Å². The van der Waals surface area contributed by atoms with Crippen LogP contribution in [0.5, 0.6) is 0 Å². The van der Waals surface area contributed by atoms with E-state index < -0.39 is 24.6 Å². The van der Waals surface area contributed by atoms with E-state index in [1.807, 2.05) is 47.6 Å². The molecule has 502 valence electrons. The topological polar surface area (TPSA) is 263 Å². The molecule has 0 spiro atoms. The highest BCUT2D eigenvalue weighted by molar-refractivity contribution is 9.11. The lowest BCUT2D eigenvalue weighted by Crippen LogP contribution is -2.43. The molecule has 2 amide bonds. The summed E-state index contributed by atoms with van der Waals surface area (Å²) in [7, 11) is -0.449. The summed E-state index contributed by atoms with van der Waals surface area (Å²) in [6.07, 6.45) is 16.1. The molecule has 7 fully saturated rings. The third-order valence-corrected chi connectivity index (χ3v) is 22.2. The summed E-state index contributed by atoms with van der Waals surface area (Å²) in [5, 5.41) is 14.0. The molecule has 95 heavy (non-hydrogen) atoms. The van der Waals surface area contributed by atoms with Crippen molar-refractivity contribution in [2.75, 3.05) is 10.6 Å². The zero-order valence-corrected chi connectivity index (χ0v) is 58.5. The number of nitrogens with two attached hydrogens (primary N) is 1. The van der Waals surface area contributed by atoms with Gasteiger partial charge in [0.05, 0.1) is 93.0 Å². The van der Waals surface area contributed by atoms with E-state index in [4.69, 9.17) is 31.6 Å². The van der Waals surface area contributed by atoms with Crippen molar-refractivity contribution in [3.8, 4) is 11.3 Å². The van der Waals surface area contributed by atoms with Crippen molar-refractivity contribution < 1.29 is 32.1 Å². The number of hydrogen-bond acceptors (Lipinski definition) is 13. The number of rotatable bonds is 9. The SMILES string of the molecule is CC1(N)CCC1.CC1(Nc2nc3c(Br)c(F)ccc3c(=O)n2C2CC2)CCC1.C[C@H]1NC(=O)c2cc(-c3c(F)ccc4c(=O)n(C5CC5)c(NC5(C)CCC5)nc34)[nH]c21.C[C@H]1NC(=O)c2cc(B3OC(C)(C)C(C)(C)O3)[nH]c21.O=c1c2ccc(F)c(Br)c2nc(Cl)n1C1CC1. The zero-order valence-electron chi connectivity index (χ0n) is 54.6. The molecule has 6 saturated carbocycles. The maximum absolute atomic E-state index is 15.1. The Hall–Kier alpha value is -6.84. The summed E-state index contributed by atoms with van der Waals surface area (Å²) < 4.78 is 59.6. The monoisotopic (exact) mass is 1450 g/mol. The number of nitrogens with one attached hydrogen (secondary N) is 6. The number of carbonyl (C=O) groups excluding carboxylic acids is 2. The maximum Gasteiger partial charge on any atom is 0.512 e. The third kappa shape index (κ3) is 12.8. The van der Waals surface area contributed by atoms with Crippen molar-refractivity contribution in [3.05, 3.63) is 134 Å².